The van der Waals surface area contributed by atoms with Crippen molar-refractivity contribution in [1.29, 1.82) is 0 Å². The molecule has 0 aliphatic heterocycles. The molecular weight excluding hydrogens is 247 g/mol. The van der Waals surface area contributed by atoms with E-state index >= 15 is 0 Å². The van der Waals surface area contributed by atoms with Gasteiger partial charge in [0.25, 0.3) is 0 Å². The molecule has 0 saturated heterocycles. The number of rotatable bonds is 1. The third-order valence-corrected chi connectivity index (χ3v) is 2.74. The largest absolute Gasteiger partial charge is 0.354 e. The molecule has 0 aliphatic carbocycles. The minimum absolute atomic E-state index is 1.07. The molecule has 0 unspecified atom stereocenters. The van der Waals surface area contributed by atoms with E-state index in [0.29, 0.717) is 0 Å². The molecular formula is C5H7IN2S. The second-order valence-corrected chi connectivity index (χ2v) is 4.74. The van der Waals surface area contributed by atoms with E-state index in [9.17, 15) is 0 Å². The molecule has 1 heterocycles. The molecule has 0 aliphatic rings. The minimum atomic E-state index is 1.07. The molecule has 1 rings (SSSR count). The van der Waals surface area contributed by atoms with Crippen LogP contribution in [0, 0.1) is 2.88 Å². The van der Waals surface area contributed by atoms with E-state index in [1.807, 2.05) is 25.2 Å². The van der Waals surface area contributed by atoms with Gasteiger partial charge >= 0.3 is 0 Å². The zero-order chi connectivity index (χ0) is 6.85. The fourth-order valence-electron chi connectivity index (χ4n) is 0.453. The average Bonchev–Trinajstić information content (AvgIpc) is 2.14. The van der Waals surface area contributed by atoms with E-state index < -0.39 is 0 Å². The molecule has 0 spiro atoms. The molecule has 0 N–H and O–H groups in total. The Bertz CT molecular complexity index is 197. The Balaban J connectivity index is 2.85. The van der Waals surface area contributed by atoms with Crippen LogP contribution in [0.15, 0.2) is 6.20 Å². The van der Waals surface area contributed by atoms with Crippen molar-refractivity contribution in [3.63, 3.8) is 0 Å². The van der Waals surface area contributed by atoms with Crippen molar-refractivity contribution >= 4 is 39.1 Å². The van der Waals surface area contributed by atoms with Crippen molar-refractivity contribution in [2.45, 2.75) is 0 Å². The smallest absolute Gasteiger partial charge is 0.185 e. The van der Waals surface area contributed by atoms with Crippen LogP contribution < -0.4 is 4.90 Å². The Morgan fingerprint density at radius 3 is 2.56 bits per heavy atom. The van der Waals surface area contributed by atoms with Crippen LogP contribution >= 0.6 is 33.9 Å². The summed E-state index contributed by atoms with van der Waals surface area (Å²) in [5, 5.41) is 1.07. The Labute approximate surface area is 72.0 Å². The van der Waals surface area contributed by atoms with E-state index in [1.165, 1.54) is 2.88 Å². The zero-order valence-corrected chi connectivity index (χ0v) is 8.23. The van der Waals surface area contributed by atoms with Gasteiger partial charge in [0.05, 0.1) is 9.08 Å². The monoisotopic (exact) mass is 254 g/mol. The summed E-state index contributed by atoms with van der Waals surface area (Å²) in [4.78, 5) is 6.16. The molecule has 50 valence electrons. The molecule has 0 saturated carbocycles. The van der Waals surface area contributed by atoms with E-state index in [0.717, 1.165) is 5.13 Å². The summed E-state index contributed by atoms with van der Waals surface area (Å²) in [5.41, 5.74) is 0. The quantitative estimate of drug-likeness (QED) is 0.710. The van der Waals surface area contributed by atoms with Crippen LogP contribution in [0.2, 0.25) is 0 Å². The highest BCUT2D eigenvalue weighted by atomic mass is 127. The lowest BCUT2D eigenvalue weighted by atomic mass is 10.9. The first-order valence-corrected chi connectivity index (χ1v) is 4.38. The summed E-state index contributed by atoms with van der Waals surface area (Å²) in [6.07, 6.45) is 1.88. The maximum Gasteiger partial charge on any atom is 0.185 e. The molecule has 0 amide bonds. The Hall–Kier alpha value is 0.160. The Morgan fingerprint density at radius 2 is 2.33 bits per heavy atom. The lowest BCUT2D eigenvalue weighted by molar-refractivity contribution is 1.10. The number of nitrogens with zero attached hydrogens (tertiary/aromatic N) is 2. The lowest BCUT2D eigenvalue weighted by Gasteiger charge is -2.04. The van der Waals surface area contributed by atoms with Crippen LogP contribution in [-0.4, -0.2) is 19.1 Å². The summed E-state index contributed by atoms with van der Waals surface area (Å²) in [7, 11) is 3.99. The maximum atomic E-state index is 4.15. The number of anilines is 1. The number of aromatic nitrogens is 1. The topological polar surface area (TPSA) is 16.1 Å². The van der Waals surface area contributed by atoms with Gasteiger partial charge in [0.2, 0.25) is 0 Å². The van der Waals surface area contributed by atoms with E-state index in [1.54, 1.807) is 11.3 Å². The molecule has 0 atom stereocenters. The first kappa shape index (κ1) is 7.27. The lowest BCUT2D eigenvalue weighted by Crippen LogP contribution is -2.07. The van der Waals surface area contributed by atoms with Gasteiger partial charge in [0.1, 0.15) is 0 Å². The number of thiazole rings is 1. The summed E-state index contributed by atoms with van der Waals surface area (Å²) < 4.78 is 1.23. The minimum Gasteiger partial charge on any atom is -0.354 e. The second kappa shape index (κ2) is 2.83. The van der Waals surface area contributed by atoms with Gasteiger partial charge in [-0.2, -0.15) is 0 Å². The van der Waals surface area contributed by atoms with Crippen LogP contribution in [0.4, 0.5) is 5.13 Å². The molecule has 1 aromatic rings. The molecule has 2 nitrogen and oxygen atoms in total. The fourth-order valence-corrected chi connectivity index (χ4v) is 1.75. The van der Waals surface area contributed by atoms with Crippen molar-refractivity contribution in [2.75, 3.05) is 19.0 Å². The van der Waals surface area contributed by atoms with Crippen LogP contribution in [0.3, 0.4) is 0 Å². The molecule has 0 bridgehead atoms. The summed E-state index contributed by atoms with van der Waals surface area (Å²) in [6, 6.07) is 0. The van der Waals surface area contributed by atoms with Gasteiger partial charge in [-0.3, -0.25) is 0 Å². The van der Waals surface area contributed by atoms with Gasteiger partial charge in [-0.15, -0.1) is 0 Å². The number of hydrogen-bond acceptors (Lipinski definition) is 3. The van der Waals surface area contributed by atoms with Gasteiger partial charge in [-0.25, -0.2) is 4.98 Å². The summed E-state index contributed by atoms with van der Waals surface area (Å²) in [5.74, 6) is 0. The predicted octanol–water partition coefficient (Wildman–Crippen LogP) is 1.81. The molecule has 0 radical (unpaired) electrons. The zero-order valence-electron chi connectivity index (χ0n) is 5.26. The van der Waals surface area contributed by atoms with Crippen molar-refractivity contribution in [3.8, 4) is 0 Å². The van der Waals surface area contributed by atoms with Crippen molar-refractivity contribution < 1.29 is 0 Å². The first-order valence-electron chi connectivity index (χ1n) is 2.49. The molecule has 0 aromatic carbocycles. The number of hydrogen-bond donors (Lipinski definition) is 0. The van der Waals surface area contributed by atoms with Crippen LogP contribution in [0.25, 0.3) is 0 Å². The Kier molecular flexibility index (Phi) is 2.29. The average molecular weight is 254 g/mol. The summed E-state index contributed by atoms with van der Waals surface area (Å²) in [6.45, 7) is 0. The van der Waals surface area contributed by atoms with E-state index in [2.05, 4.69) is 27.6 Å². The van der Waals surface area contributed by atoms with Crippen molar-refractivity contribution in [3.05, 3.63) is 9.08 Å². The fraction of sp³-hybridized carbons (Fsp3) is 0.400. The molecule has 4 heteroatoms. The first-order chi connectivity index (χ1) is 4.20. The van der Waals surface area contributed by atoms with Crippen molar-refractivity contribution in [1.82, 2.24) is 4.98 Å². The second-order valence-electron chi connectivity index (χ2n) is 1.84. The van der Waals surface area contributed by atoms with Gasteiger partial charge in [0.15, 0.2) is 5.13 Å². The summed E-state index contributed by atoms with van der Waals surface area (Å²) >= 11 is 3.96. The highest BCUT2D eigenvalue weighted by Gasteiger charge is 1.98. The van der Waals surface area contributed by atoms with E-state index in [4.69, 9.17) is 0 Å². The predicted molar refractivity (Wildman–Crippen MR) is 49.2 cm³/mol. The van der Waals surface area contributed by atoms with Gasteiger partial charge < -0.3 is 4.90 Å². The standard InChI is InChI=1S/C5H7IN2S/c1-8(2)5-7-3-4(6)9-5/h3H,1-2H3. The number of halogens is 1. The van der Waals surface area contributed by atoms with Gasteiger partial charge in [0, 0.05) is 14.1 Å². The molecule has 0 fully saturated rings. The molecule has 1 aromatic heterocycles. The SMILES string of the molecule is CN(C)c1ncc(I)s1. The van der Waals surface area contributed by atoms with Crippen LogP contribution in [0.5, 0.6) is 0 Å². The normalized spacial score (nSPS) is 9.67. The Morgan fingerprint density at radius 1 is 1.67 bits per heavy atom. The highest BCUT2D eigenvalue weighted by molar-refractivity contribution is 14.1. The van der Waals surface area contributed by atoms with Crippen LogP contribution in [-0.2, 0) is 0 Å². The third kappa shape index (κ3) is 1.79. The third-order valence-electron chi connectivity index (χ3n) is 0.848. The van der Waals surface area contributed by atoms with Crippen molar-refractivity contribution in [2.24, 2.45) is 0 Å². The highest BCUT2D eigenvalue weighted by Crippen LogP contribution is 2.20. The maximum absolute atomic E-state index is 4.15. The van der Waals surface area contributed by atoms with E-state index in [-0.39, 0.29) is 0 Å². The molecule has 9 heavy (non-hydrogen) atoms. The van der Waals surface area contributed by atoms with Crippen LogP contribution in [0.1, 0.15) is 0 Å². The van der Waals surface area contributed by atoms with Gasteiger partial charge in [-0.1, -0.05) is 11.3 Å². The van der Waals surface area contributed by atoms with Gasteiger partial charge in [-0.05, 0) is 22.6 Å².